The van der Waals surface area contributed by atoms with Crippen LogP contribution in [-0.4, -0.2) is 44.6 Å². The van der Waals surface area contributed by atoms with Crippen molar-refractivity contribution in [1.29, 1.82) is 0 Å². The zero-order valence-corrected chi connectivity index (χ0v) is 19.3. The van der Waals surface area contributed by atoms with Crippen LogP contribution in [0.3, 0.4) is 0 Å². The minimum atomic E-state index is -3.79. The Morgan fingerprint density at radius 3 is 2.16 bits per heavy atom. The number of benzene rings is 2. The normalized spacial score (nSPS) is 23.2. The van der Waals surface area contributed by atoms with Crippen molar-refractivity contribution < 1.29 is 22.7 Å². The number of methoxy groups -OCH3 is 1. The van der Waals surface area contributed by atoms with E-state index in [0.29, 0.717) is 5.75 Å². The van der Waals surface area contributed by atoms with Crippen molar-refractivity contribution in [2.24, 2.45) is 5.73 Å². The van der Waals surface area contributed by atoms with E-state index < -0.39 is 38.2 Å². The van der Waals surface area contributed by atoms with Crippen molar-refractivity contribution in [2.45, 2.75) is 54.9 Å². The number of alkyl carbamates (subject to hydrolysis) is 1. The topological polar surface area (TPSA) is 108 Å². The number of ether oxygens (including phenoxy) is 2. The van der Waals surface area contributed by atoms with Gasteiger partial charge in [-0.3, -0.25) is 0 Å². The summed E-state index contributed by atoms with van der Waals surface area (Å²) in [5.41, 5.74) is 5.90. The molecule has 1 aliphatic rings. The van der Waals surface area contributed by atoms with Crippen LogP contribution in [0.1, 0.15) is 37.8 Å². The van der Waals surface area contributed by atoms with E-state index in [0.717, 1.165) is 11.1 Å². The van der Waals surface area contributed by atoms with E-state index >= 15 is 0 Å². The van der Waals surface area contributed by atoms with Crippen molar-refractivity contribution in [3.05, 3.63) is 59.7 Å². The standard InChI is InChI=1S/C23H30N2O5S/c1-15-6-12-18(13-7-15)31(27,28)20-19(16-8-10-17(29-5)11-9-16)23(20,14-24)25-21(26)30-22(2,3)4/h6-13,19-20H,14,24H2,1-5H3,(H,25,26). The van der Waals surface area contributed by atoms with Gasteiger partial charge in [-0.1, -0.05) is 29.8 Å². The fourth-order valence-electron chi connectivity index (χ4n) is 3.96. The summed E-state index contributed by atoms with van der Waals surface area (Å²) in [6.45, 7) is 7.07. The maximum Gasteiger partial charge on any atom is 0.408 e. The maximum atomic E-state index is 13.6. The van der Waals surface area contributed by atoms with Crippen LogP contribution >= 0.6 is 0 Å². The van der Waals surface area contributed by atoms with Gasteiger partial charge in [-0.05, 0) is 57.5 Å². The summed E-state index contributed by atoms with van der Waals surface area (Å²) in [4.78, 5) is 12.8. The molecule has 2 aromatic carbocycles. The van der Waals surface area contributed by atoms with Gasteiger partial charge in [0, 0.05) is 12.5 Å². The Morgan fingerprint density at radius 1 is 1.10 bits per heavy atom. The minimum Gasteiger partial charge on any atom is -0.497 e. The highest BCUT2D eigenvalue weighted by Crippen LogP contribution is 2.57. The molecule has 3 unspecified atom stereocenters. The van der Waals surface area contributed by atoms with Crippen molar-refractivity contribution in [3.8, 4) is 5.75 Å². The second-order valence-electron chi connectivity index (χ2n) is 8.90. The van der Waals surface area contributed by atoms with Gasteiger partial charge < -0.3 is 20.5 Å². The molecule has 2 aromatic rings. The Kier molecular flexibility index (Phi) is 6.08. The van der Waals surface area contributed by atoms with Gasteiger partial charge in [0.05, 0.1) is 17.5 Å². The minimum absolute atomic E-state index is 0.0568. The number of aryl methyl sites for hydroxylation is 1. The van der Waals surface area contributed by atoms with Crippen molar-refractivity contribution >= 4 is 15.9 Å². The Bertz CT molecular complexity index is 1040. The molecule has 0 aromatic heterocycles. The number of hydrogen-bond acceptors (Lipinski definition) is 6. The average molecular weight is 447 g/mol. The van der Waals surface area contributed by atoms with Crippen LogP contribution in [0.5, 0.6) is 5.75 Å². The number of carbonyl (C=O) groups excluding carboxylic acids is 1. The Morgan fingerprint density at radius 2 is 1.68 bits per heavy atom. The molecule has 0 bridgehead atoms. The molecule has 1 aliphatic carbocycles. The highest BCUT2D eigenvalue weighted by molar-refractivity contribution is 7.92. The predicted molar refractivity (Wildman–Crippen MR) is 119 cm³/mol. The first kappa shape index (κ1) is 23.1. The summed E-state index contributed by atoms with van der Waals surface area (Å²) in [7, 11) is -2.23. The van der Waals surface area contributed by atoms with Gasteiger partial charge in [0.1, 0.15) is 16.6 Å². The summed E-state index contributed by atoms with van der Waals surface area (Å²) in [6, 6.07) is 13.8. The van der Waals surface area contributed by atoms with Crippen molar-refractivity contribution in [2.75, 3.05) is 13.7 Å². The van der Waals surface area contributed by atoms with Crippen LogP contribution < -0.4 is 15.8 Å². The molecular formula is C23H30N2O5S. The molecule has 0 radical (unpaired) electrons. The second kappa shape index (κ2) is 8.16. The summed E-state index contributed by atoms with van der Waals surface area (Å²) in [6.07, 6.45) is -0.696. The third kappa shape index (κ3) is 4.55. The van der Waals surface area contributed by atoms with E-state index in [1.54, 1.807) is 76.4 Å². The highest BCUT2D eigenvalue weighted by Gasteiger charge is 2.71. The molecule has 7 nitrogen and oxygen atoms in total. The fraction of sp³-hybridized carbons (Fsp3) is 0.435. The maximum absolute atomic E-state index is 13.6. The molecule has 0 spiro atoms. The van der Waals surface area contributed by atoms with Gasteiger partial charge >= 0.3 is 6.09 Å². The lowest BCUT2D eigenvalue weighted by Gasteiger charge is -2.24. The zero-order valence-electron chi connectivity index (χ0n) is 18.5. The molecule has 168 valence electrons. The fourth-order valence-corrected chi connectivity index (χ4v) is 6.30. The number of carbonyl (C=O) groups is 1. The predicted octanol–water partition coefficient (Wildman–Crippen LogP) is 3.17. The van der Waals surface area contributed by atoms with Gasteiger partial charge in [0.2, 0.25) is 0 Å². The number of nitrogens with one attached hydrogen (secondary N) is 1. The summed E-state index contributed by atoms with van der Waals surface area (Å²) < 4.78 is 37.8. The van der Waals surface area contributed by atoms with Crippen LogP contribution in [-0.2, 0) is 14.6 Å². The smallest absolute Gasteiger partial charge is 0.408 e. The molecule has 8 heteroatoms. The van der Waals surface area contributed by atoms with Gasteiger partial charge in [-0.15, -0.1) is 0 Å². The Balaban J connectivity index is 2.03. The van der Waals surface area contributed by atoms with Gasteiger partial charge in [0.25, 0.3) is 0 Å². The van der Waals surface area contributed by atoms with Gasteiger partial charge in [0.15, 0.2) is 9.84 Å². The number of nitrogens with two attached hydrogens (primary N) is 1. The van der Waals surface area contributed by atoms with E-state index in [2.05, 4.69) is 5.32 Å². The molecule has 1 amide bonds. The largest absolute Gasteiger partial charge is 0.497 e. The molecular weight excluding hydrogens is 416 g/mol. The van der Waals surface area contributed by atoms with Crippen LogP contribution in [0.2, 0.25) is 0 Å². The lowest BCUT2D eigenvalue weighted by Crippen LogP contribution is -2.49. The summed E-state index contributed by atoms with van der Waals surface area (Å²) in [5, 5.41) is 1.87. The molecule has 3 atom stereocenters. The van der Waals surface area contributed by atoms with Gasteiger partial charge in [-0.25, -0.2) is 13.2 Å². The van der Waals surface area contributed by atoms with E-state index in [9.17, 15) is 13.2 Å². The van der Waals surface area contributed by atoms with Crippen molar-refractivity contribution in [1.82, 2.24) is 5.32 Å². The second-order valence-corrected chi connectivity index (χ2v) is 11.0. The molecule has 3 N–H and O–H groups in total. The molecule has 1 saturated carbocycles. The van der Waals surface area contributed by atoms with E-state index in [-0.39, 0.29) is 11.4 Å². The first-order valence-corrected chi connectivity index (χ1v) is 11.6. The third-order valence-electron chi connectivity index (χ3n) is 5.49. The number of rotatable bonds is 6. The van der Waals surface area contributed by atoms with Crippen LogP contribution in [0.25, 0.3) is 0 Å². The number of amides is 1. The van der Waals surface area contributed by atoms with E-state index in [1.807, 2.05) is 6.92 Å². The quantitative estimate of drug-likeness (QED) is 0.706. The molecule has 31 heavy (non-hydrogen) atoms. The average Bonchev–Trinajstić information content (AvgIpc) is 3.36. The lowest BCUT2D eigenvalue weighted by atomic mass is 10.1. The monoisotopic (exact) mass is 446 g/mol. The molecule has 3 rings (SSSR count). The van der Waals surface area contributed by atoms with Crippen LogP contribution in [0.15, 0.2) is 53.4 Å². The molecule has 0 aliphatic heterocycles. The summed E-state index contributed by atoms with van der Waals surface area (Å²) >= 11 is 0. The Hall–Kier alpha value is -2.58. The summed E-state index contributed by atoms with van der Waals surface area (Å²) in [5.74, 6) is 0.128. The molecule has 0 heterocycles. The lowest BCUT2D eigenvalue weighted by molar-refractivity contribution is 0.0497. The first-order chi connectivity index (χ1) is 14.4. The first-order valence-electron chi connectivity index (χ1n) is 10.1. The zero-order chi connectivity index (χ0) is 23.0. The SMILES string of the molecule is COc1ccc(C2C(S(=O)(=O)c3ccc(C)cc3)C2(CN)NC(=O)OC(C)(C)C)cc1. The third-order valence-corrected chi connectivity index (χ3v) is 7.78. The molecule has 1 fully saturated rings. The van der Waals surface area contributed by atoms with E-state index in [4.69, 9.17) is 15.2 Å². The van der Waals surface area contributed by atoms with Crippen molar-refractivity contribution in [3.63, 3.8) is 0 Å². The number of hydrogen-bond donors (Lipinski definition) is 2. The number of sulfone groups is 1. The van der Waals surface area contributed by atoms with Crippen LogP contribution in [0.4, 0.5) is 4.79 Å². The Labute approximate surface area is 183 Å². The van der Waals surface area contributed by atoms with E-state index in [1.165, 1.54) is 0 Å². The van der Waals surface area contributed by atoms with Gasteiger partial charge in [-0.2, -0.15) is 0 Å². The highest BCUT2D eigenvalue weighted by atomic mass is 32.2. The van der Waals surface area contributed by atoms with Crippen LogP contribution in [0, 0.1) is 6.92 Å². The molecule has 0 saturated heterocycles.